The van der Waals surface area contributed by atoms with Gasteiger partial charge in [0, 0.05) is 18.1 Å². The molecule has 4 atom stereocenters. The largest absolute Gasteiger partial charge is 0.291 e. The van der Waals surface area contributed by atoms with E-state index in [9.17, 15) is 4.39 Å². The van der Waals surface area contributed by atoms with Gasteiger partial charge in [0.15, 0.2) is 0 Å². The summed E-state index contributed by atoms with van der Waals surface area (Å²) in [4.78, 5) is 2.50. The van der Waals surface area contributed by atoms with Crippen molar-refractivity contribution in [2.45, 2.75) is 57.8 Å². The van der Waals surface area contributed by atoms with Crippen molar-refractivity contribution in [2.24, 2.45) is 11.3 Å². The molecule has 4 unspecified atom stereocenters. The molecule has 0 spiro atoms. The van der Waals surface area contributed by atoms with Gasteiger partial charge in [0.2, 0.25) is 0 Å². The second kappa shape index (κ2) is 2.34. The highest BCUT2D eigenvalue weighted by Crippen LogP contribution is 2.62. The minimum Gasteiger partial charge on any atom is -0.291 e. The lowest BCUT2D eigenvalue weighted by Gasteiger charge is -2.45. The zero-order valence-electron chi connectivity index (χ0n) is 9.39. The Hall–Kier alpha value is -0.110. The molecule has 1 aliphatic carbocycles. The lowest BCUT2D eigenvalue weighted by Crippen LogP contribution is -2.51. The van der Waals surface area contributed by atoms with Crippen LogP contribution in [0.15, 0.2) is 0 Å². The predicted molar refractivity (Wildman–Crippen MR) is 54.9 cm³/mol. The Kier molecular flexibility index (Phi) is 1.53. The SMILES string of the molecule is CC(C)(C)C12CC(F)CN1C1CC1C2. The molecule has 3 aliphatic rings. The molecule has 0 aromatic rings. The highest BCUT2D eigenvalue weighted by atomic mass is 19.1. The third-order valence-electron chi connectivity index (χ3n) is 4.79. The second-order valence-electron chi connectivity index (χ2n) is 6.50. The highest BCUT2D eigenvalue weighted by molar-refractivity contribution is 5.20. The zero-order valence-corrected chi connectivity index (χ0v) is 9.39. The van der Waals surface area contributed by atoms with E-state index in [-0.39, 0.29) is 11.0 Å². The molecule has 0 aromatic carbocycles. The van der Waals surface area contributed by atoms with Gasteiger partial charge in [-0.1, -0.05) is 20.8 Å². The van der Waals surface area contributed by atoms with Gasteiger partial charge in [-0.05, 0) is 30.6 Å². The molecule has 0 amide bonds. The van der Waals surface area contributed by atoms with Crippen LogP contribution in [0.5, 0.6) is 0 Å². The maximum Gasteiger partial charge on any atom is 0.115 e. The van der Waals surface area contributed by atoms with E-state index in [2.05, 4.69) is 25.7 Å². The molecule has 3 fully saturated rings. The Bertz CT molecular complexity index is 266. The Morgan fingerprint density at radius 1 is 1.29 bits per heavy atom. The minimum absolute atomic E-state index is 0.194. The number of piperidine rings is 1. The molecule has 1 nitrogen and oxygen atoms in total. The van der Waals surface area contributed by atoms with Gasteiger partial charge in [0.25, 0.3) is 0 Å². The van der Waals surface area contributed by atoms with Crippen molar-refractivity contribution in [3.05, 3.63) is 0 Å². The van der Waals surface area contributed by atoms with Crippen LogP contribution in [-0.4, -0.2) is 29.2 Å². The molecule has 80 valence electrons. The summed E-state index contributed by atoms with van der Waals surface area (Å²) in [5.41, 5.74) is 0.432. The van der Waals surface area contributed by atoms with Crippen LogP contribution in [0.4, 0.5) is 4.39 Å². The first-order chi connectivity index (χ1) is 6.44. The lowest BCUT2D eigenvalue weighted by atomic mass is 9.70. The topological polar surface area (TPSA) is 3.24 Å². The van der Waals surface area contributed by atoms with Crippen molar-refractivity contribution < 1.29 is 4.39 Å². The summed E-state index contributed by atoms with van der Waals surface area (Å²) in [5.74, 6) is 0.904. The summed E-state index contributed by atoms with van der Waals surface area (Å²) < 4.78 is 13.6. The van der Waals surface area contributed by atoms with Gasteiger partial charge in [-0.3, -0.25) is 4.90 Å². The van der Waals surface area contributed by atoms with E-state index in [4.69, 9.17) is 0 Å². The number of nitrogens with zero attached hydrogens (tertiary/aromatic N) is 1. The number of rotatable bonds is 0. The molecular weight excluding hydrogens is 177 g/mol. The normalized spacial score (nSPS) is 51.9. The fourth-order valence-corrected chi connectivity index (χ4v) is 3.90. The van der Waals surface area contributed by atoms with E-state index in [1.165, 1.54) is 12.8 Å². The Morgan fingerprint density at radius 2 is 2.00 bits per heavy atom. The van der Waals surface area contributed by atoms with Crippen LogP contribution in [0.2, 0.25) is 0 Å². The van der Waals surface area contributed by atoms with Gasteiger partial charge in [0.1, 0.15) is 6.17 Å². The molecule has 0 aromatic heterocycles. The standard InChI is InChI=1S/C12H20FN/c1-11(2,3)12-5-8-4-10(8)14(12)7-9(13)6-12/h8-10H,4-7H2,1-3H3. The van der Waals surface area contributed by atoms with E-state index in [0.29, 0.717) is 6.54 Å². The van der Waals surface area contributed by atoms with E-state index in [1.54, 1.807) is 0 Å². The summed E-state index contributed by atoms with van der Waals surface area (Å²) >= 11 is 0. The summed E-state index contributed by atoms with van der Waals surface area (Å²) in [6.07, 6.45) is 2.80. The predicted octanol–water partition coefficient (Wildman–Crippen LogP) is 2.61. The van der Waals surface area contributed by atoms with Crippen molar-refractivity contribution in [2.75, 3.05) is 6.54 Å². The van der Waals surface area contributed by atoms with Gasteiger partial charge >= 0.3 is 0 Å². The molecule has 0 N–H and O–H groups in total. The summed E-state index contributed by atoms with van der Waals surface area (Å²) in [5, 5.41) is 0. The number of halogens is 1. The molecular formula is C12H20FN. The number of hydrogen-bond donors (Lipinski definition) is 0. The summed E-state index contributed by atoms with van der Waals surface area (Å²) in [6.45, 7) is 7.55. The monoisotopic (exact) mass is 197 g/mol. The quantitative estimate of drug-likeness (QED) is 0.577. The van der Waals surface area contributed by atoms with E-state index in [1.807, 2.05) is 0 Å². The fraction of sp³-hybridized carbons (Fsp3) is 1.00. The van der Waals surface area contributed by atoms with Crippen LogP contribution >= 0.6 is 0 Å². The average Bonchev–Trinajstić information content (AvgIpc) is 2.56. The molecule has 0 radical (unpaired) electrons. The molecule has 0 bridgehead atoms. The molecule has 2 heteroatoms. The van der Waals surface area contributed by atoms with Crippen LogP contribution in [0, 0.1) is 11.3 Å². The third kappa shape index (κ3) is 0.932. The maximum absolute atomic E-state index is 13.6. The molecule has 2 saturated heterocycles. The highest BCUT2D eigenvalue weighted by Gasteiger charge is 2.66. The molecule has 3 rings (SSSR count). The molecule has 14 heavy (non-hydrogen) atoms. The number of fused-ring (bicyclic) bond motifs is 3. The minimum atomic E-state index is -0.573. The van der Waals surface area contributed by atoms with Crippen LogP contribution < -0.4 is 0 Å². The third-order valence-corrected chi connectivity index (χ3v) is 4.79. The summed E-state index contributed by atoms with van der Waals surface area (Å²) in [6, 6.07) is 0.745. The van der Waals surface area contributed by atoms with Crippen molar-refractivity contribution in [1.29, 1.82) is 0 Å². The van der Waals surface area contributed by atoms with Crippen molar-refractivity contribution in [1.82, 2.24) is 4.90 Å². The van der Waals surface area contributed by atoms with Crippen LogP contribution in [-0.2, 0) is 0 Å². The van der Waals surface area contributed by atoms with Gasteiger partial charge in [0.05, 0.1) is 0 Å². The fourth-order valence-electron chi connectivity index (χ4n) is 3.90. The van der Waals surface area contributed by atoms with Gasteiger partial charge < -0.3 is 0 Å². The Morgan fingerprint density at radius 3 is 2.57 bits per heavy atom. The van der Waals surface area contributed by atoms with Gasteiger partial charge in [-0.2, -0.15) is 0 Å². The maximum atomic E-state index is 13.6. The number of alkyl halides is 1. The van der Waals surface area contributed by atoms with Crippen molar-refractivity contribution in [3.8, 4) is 0 Å². The Labute approximate surface area is 85.7 Å². The molecule has 2 aliphatic heterocycles. The average molecular weight is 197 g/mol. The van der Waals surface area contributed by atoms with Crippen molar-refractivity contribution in [3.63, 3.8) is 0 Å². The van der Waals surface area contributed by atoms with E-state index < -0.39 is 6.17 Å². The second-order valence-corrected chi connectivity index (χ2v) is 6.50. The first kappa shape index (κ1) is 9.14. The van der Waals surface area contributed by atoms with E-state index >= 15 is 0 Å². The van der Waals surface area contributed by atoms with Crippen LogP contribution in [0.3, 0.4) is 0 Å². The summed E-state index contributed by atoms with van der Waals surface area (Å²) in [7, 11) is 0. The smallest absolute Gasteiger partial charge is 0.115 e. The number of hydrogen-bond acceptors (Lipinski definition) is 1. The van der Waals surface area contributed by atoms with Gasteiger partial charge in [-0.25, -0.2) is 4.39 Å². The van der Waals surface area contributed by atoms with Gasteiger partial charge in [-0.15, -0.1) is 0 Å². The molecule has 2 heterocycles. The Balaban J connectivity index is 1.97. The van der Waals surface area contributed by atoms with Crippen LogP contribution in [0.1, 0.15) is 40.0 Å². The first-order valence-electron chi connectivity index (χ1n) is 5.85. The van der Waals surface area contributed by atoms with Crippen LogP contribution in [0.25, 0.3) is 0 Å². The first-order valence-corrected chi connectivity index (χ1v) is 5.85. The zero-order chi connectivity index (χ0) is 10.1. The van der Waals surface area contributed by atoms with E-state index in [0.717, 1.165) is 18.4 Å². The van der Waals surface area contributed by atoms with Crippen molar-refractivity contribution >= 4 is 0 Å². The molecule has 1 saturated carbocycles. The lowest BCUT2D eigenvalue weighted by molar-refractivity contribution is 0.0421.